The van der Waals surface area contributed by atoms with Gasteiger partial charge in [0.1, 0.15) is 11.8 Å². The SMILES string of the molecule is Cn1c(=O)n(-c2ccc(C#N)nc2)c2c3cc(-c4cnc5ccccc5c4)ccc3ncc21. The molecule has 2 aromatic carbocycles. The van der Waals surface area contributed by atoms with Crippen molar-refractivity contribution < 1.29 is 0 Å². The Morgan fingerprint density at radius 2 is 1.70 bits per heavy atom. The number of rotatable bonds is 2. The van der Waals surface area contributed by atoms with E-state index in [1.807, 2.05) is 54.7 Å². The van der Waals surface area contributed by atoms with Gasteiger partial charge in [0.15, 0.2) is 0 Å². The van der Waals surface area contributed by atoms with E-state index in [9.17, 15) is 4.79 Å². The topological polar surface area (TPSA) is 89.4 Å². The van der Waals surface area contributed by atoms with Gasteiger partial charge in [0, 0.05) is 29.6 Å². The molecule has 0 amide bonds. The highest BCUT2D eigenvalue weighted by atomic mass is 16.1. The molecule has 0 saturated heterocycles. The van der Waals surface area contributed by atoms with Gasteiger partial charge in [-0.2, -0.15) is 5.26 Å². The second-order valence-electron chi connectivity index (χ2n) is 7.83. The molecule has 6 aromatic rings. The van der Waals surface area contributed by atoms with E-state index in [0.29, 0.717) is 16.9 Å². The van der Waals surface area contributed by atoms with Crippen molar-refractivity contribution in [1.29, 1.82) is 5.26 Å². The van der Waals surface area contributed by atoms with Gasteiger partial charge in [0.25, 0.3) is 0 Å². The second kappa shape index (κ2) is 7.11. The van der Waals surface area contributed by atoms with E-state index in [0.717, 1.165) is 38.4 Å². The van der Waals surface area contributed by atoms with E-state index in [4.69, 9.17) is 5.26 Å². The van der Waals surface area contributed by atoms with Crippen LogP contribution >= 0.6 is 0 Å². The molecule has 6 rings (SSSR count). The number of aryl methyl sites for hydroxylation is 1. The molecule has 4 aromatic heterocycles. The maximum Gasteiger partial charge on any atom is 0.333 e. The van der Waals surface area contributed by atoms with Gasteiger partial charge in [-0.1, -0.05) is 24.3 Å². The summed E-state index contributed by atoms with van der Waals surface area (Å²) < 4.78 is 3.19. The zero-order valence-electron chi connectivity index (χ0n) is 17.6. The maximum absolute atomic E-state index is 13.2. The fourth-order valence-electron chi connectivity index (χ4n) is 4.23. The summed E-state index contributed by atoms with van der Waals surface area (Å²) in [6.07, 6.45) is 5.12. The van der Waals surface area contributed by atoms with Gasteiger partial charge in [-0.15, -0.1) is 0 Å². The van der Waals surface area contributed by atoms with Crippen molar-refractivity contribution in [2.75, 3.05) is 0 Å². The zero-order valence-corrected chi connectivity index (χ0v) is 17.6. The van der Waals surface area contributed by atoms with E-state index in [1.54, 1.807) is 40.7 Å². The van der Waals surface area contributed by atoms with Crippen molar-refractivity contribution in [3.05, 3.63) is 95.4 Å². The molecule has 0 saturated carbocycles. The molecular weight excluding hydrogens is 412 g/mol. The molecule has 4 heterocycles. The quantitative estimate of drug-likeness (QED) is 0.409. The molecule has 7 heteroatoms. The average Bonchev–Trinajstić information content (AvgIpc) is 3.13. The van der Waals surface area contributed by atoms with Crippen molar-refractivity contribution in [2.45, 2.75) is 0 Å². The van der Waals surface area contributed by atoms with Gasteiger partial charge < -0.3 is 0 Å². The molecule has 0 aliphatic heterocycles. The molecule has 156 valence electrons. The molecule has 0 unspecified atom stereocenters. The standard InChI is InChI=1S/C26H16N6O/c1-31-24-15-30-23-9-6-16(18-10-17-4-2-3-5-22(17)29-13-18)11-21(23)25(24)32(26(31)33)20-8-7-19(12-27)28-14-20/h2-11,13-15H,1H3. The van der Waals surface area contributed by atoms with E-state index in [-0.39, 0.29) is 5.69 Å². The van der Waals surface area contributed by atoms with E-state index in [1.165, 1.54) is 0 Å². The molecule has 0 aliphatic rings. The third-order valence-electron chi connectivity index (χ3n) is 5.93. The van der Waals surface area contributed by atoms with Gasteiger partial charge in [-0.05, 0) is 42.0 Å². The first-order valence-corrected chi connectivity index (χ1v) is 10.4. The third-order valence-corrected chi connectivity index (χ3v) is 5.93. The summed E-state index contributed by atoms with van der Waals surface area (Å²) in [4.78, 5) is 26.5. The van der Waals surface area contributed by atoms with Gasteiger partial charge in [0.2, 0.25) is 0 Å². The van der Waals surface area contributed by atoms with Gasteiger partial charge in [-0.25, -0.2) is 9.78 Å². The first-order valence-electron chi connectivity index (χ1n) is 10.4. The lowest BCUT2D eigenvalue weighted by atomic mass is 10.0. The van der Waals surface area contributed by atoms with Crippen molar-refractivity contribution in [3.8, 4) is 22.9 Å². The number of pyridine rings is 3. The predicted octanol–water partition coefficient (Wildman–Crippen LogP) is 4.36. The first-order chi connectivity index (χ1) is 16.1. The van der Waals surface area contributed by atoms with Crippen LogP contribution in [0.25, 0.3) is 49.7 Å². The molecule has 0 bridgehead atoms. The monoisotopic (exact) mass is 428 g/mol. The highest BCUT2D eigenvalue weighted by molar-refractivity contribution is 6.04. The molecule has 33 heavy (non-hydrogen) atoms. The number of fused-ring (bicyclic) bond motifs is 4. The number of nitriles is 1. The Balaban J connectivity index is 1.64. The van der Waals surface area contributed by atoms with Crippen LogP contribution in [-0.2, 0) is 7.05 Å². The number of nitrogens with zero attached hydrogens (tertiary/aromatic N) is 6. The number of aromatic nitrogens is 5. The molecule has 0 aliphatic carbocycles. The van der Waals surface area contributed by atoms with Crippen molar-refractivity contribution >= 4 is 32.8 Å². The summed E-state index contributed by atoms with van der Waals surface area (Å²) in [7, 11) is 1.73. The van der Waals surface area contributed by atoms with Gasteiger partial charge in [-0.3, -0.25) is 19.1 Å². The largest absolute Gasteiger partial charge is 0.333 e. The lowest BCUT2D eigenvalue weighted by Crippen LogP contribution is -2.21. The Labute approximate surface area is 187 Å². The summed E-state index contributed by atoms with van der Waals surface area (Å²) in [6.45, 7) is 0. The fraction of sp³-hybridized carbons (Fsp3) is 0.0385. The number of hydrogen-bond donors (Lipinski definition) is 0. The van der Waals surface area contributed by atoms with Crippen LogP contribution < -0.4 is 5.69 Å². The molecule has 0 radical (unpaired) electrons. The van der Waals surface area contributed by atoms with Crippen LogP contribution in [-0.4, -0.2) is 24.1 Å². The van der Waals surface area contributed by atoms with Crippen molar-refractivity contribution in [3.63, 3.8) is 0 Å². The molecular formula is C26H16N6O. The van der Waals surface area contributed by atoms with Crippen LogP contribution in [0.15, 0.2) is 84.0 Å². The Morgan fingerprint density at radius 3 is 2.52 bits per heavy atom. The summed E-state index contributed by atoms with van der Waals surface area (Å²) >= 11 is 0. The number of hydrogen-bond acceptors (Lipinski definition) is 5. The number of benzene rings is 2. The summed E-state index contributed by atoms with van der Waals surface area (Å²) in [5.41, 5.74) is 5.83. The smallest absolute Gasteiger partial charge is 0.293 e. The Morgan fingerprint density at radius 1 is 0.848 bits per heavy atom. The fourth-order valence-corrected chi connectivity index (χ4v) is 4.23. The molecule has 0 spiro atoms. The third kappa shape index (κ3) is 2.89. The zero-order chi connectivity index (χ0) is 22.5. The lowest BCUT2D eigenvalue weighted by Gasteiger charge is -2.08. The maximum atomic E-state index is 13.2. The van der Waals surface area contributed by atoms with Crippen molar-refractivity contribution in [1.82, 2.24) is 24.1 Å². The summed E-state index contributed by atoms with van der Waals surface area (Å²) in [5.74, 6) is 0. The minimum absolute atomic E-state index is 0.205. The van der Waals surface area contributed by atoms with E-state index >= 15 is 0 Å². The van der Waals surface area contributed by atoms with Crippen LogP contribution in [0, 0.1) is 11.3 Å². The van der Waals surface area contributed by atoms with Gasteiger partial charge >= 0.3 is 5.69 Å². The normalized spacial score (nSPS) is 11.3. The van der Waals surface area contributed by atoms with Crippen molar-refractivity contribution in [2.24, 2.45) is 7.05 Å². The van der Waals surface area contributed by atoms with Crippen LogP contribution in [0.5, 0.6) is 0 Å². The number of para-hydroxylation sites is 1. The van der Waals surface area contributed by atoms with Crippen LogP contribution in [0.1, 0.15) is 5.69 Å². The summed E-state index contributed by atoms with van der Waals surface area (Å²) in [6, 6.07) is 21.5. The van der Waals surface area contributed by atoms with E-state index < -0.39 is 0 Å². The Bertz CT molecular complexity index is 1810. The minimum Gasteiger partial charge on any atom is -0.293 e. The highest BCUT2D eigenvalue weighted by Gasteiger charge is 2.17. The molecule has 0 atom stereocenters. The van der Waals surface area contributed by atoms with Crippen LogP contribution in [0.3, 0.4) is 0 Å². The van der Waals surface area contributed by atoms with Crippen LogP contribution in [0.4, 0.5) is 0 Å². The average molecular weight is 428 g/mol. The molecule has 0 N–H and O–H groups in total. The van der Waals surface area contributed by atoms with E-state index in [2.05, 4.69) is 21.0 Å². The Kier molecular flexibility index (Phi) is 4.07. The first kappa shape index (κ1) is 18.9. The molecule has 7 nitrogen and oxygen atoms in total. The predicted molar refractivity (Wildman–Crippen MR) is 127 cm³/mol. The minimum atomic E-state index is -0.205. The van der Waals surface area contributed by atoms with Crippen LogP contribution in [0.2, 0.25) is 0 Å². The lowest BCUT2D eigenvalue weighted by molar-refractivity contribution is 0.843. The summed E-state index contributed by atoms with van der Waals surface area (Å²) in [5, 5.41) is 11.0. The molecule has 0 fully saturated rings. The second-order valence-corrected chi connectivity index (χ2v) is 7.83. The van der Waals surface area contributed by atoms with Gasteiger partial charge in [0.05, 0.1) is 40.1 Å². The Hall–Kier alpha value is -4.83. The number of imidazole rings is 1. The highest BCUT2D eigenvalue weighted by Crippen LogP contribution is 2.30.